The molecule has 144 valence electrons. The number of carbonyl (C=O) groups excluding carboxylic acids is 2. The van der Waals surface area contributed by atoms with Crippen molar-refractivity contribution in [2.45, 2.75) is 45.4 Å². The normalized spacial score (nSPS) is 16.1. The third kappa shape index (κ3) is 3.77. The van der Waals surface area contributed by atoms with Gasteiger partial charge in [-0.05, 0) is 48.9 Å². The number of ketones is 1. The van der Waals surface area contributed by atoms with Crippen LogP contribution < -0.4 is 4.90 Å². The lowest BCUT2D eigenvalue weighted by molar-refractivity contribution is 0.0518. The highest BCUT2D eigenvalue weighted by Crippen LogP contribution is 2.36. The van der Waals surface area contributed by atoms with Gasteiger partial charge in [-0.2, -0.15) is 0 Å². The van der Waals surface area contributed by atoms with E-state index >= 15 is 0 Å². The van der Waals surface area contributed by atoms with Crippen LogP contribution in [0.2, 0.25) is 0 Å². The molecule has 0 fully saturated rings. The van der Waals surface area contributed by atoms with Gasteiger partial charge in [-0.15, -0.1) is 0 Å². The number of fused-ring (bicyclic) bond motifs is 1. The minimum absolute atomic E-state index is 0.119. The van der Waals surface area contributed by atoms with Crippen molar-refractivity contribution in [2.24, 2.45) is 0 Å². The van der Waals surface area contributed by atoms with Crippen molar-refractivity contribution in [2.75, 3.05) is 25.6 Å². The first-order chi connectivity index (χ1) is 13.0. The second-order valence-electron chi connectivity index (χ2n) is 7.32. The lowest BCUT2D eigenvalue weighted by Gasteiger charge is -2.23. The third-order valence-corrected chi connectivity index (χ3v) is 5.20. The van der Waals surface area contributed by atoms with Crippen LogP contribution in [-0.4, -0.2) is 37.4 Å². The van der Waals surface area contributed by atoms with Crippen LogP contribution in [-0.2, 0) is 17.6 Å². The minimum atomic E-state index is -0.366. The first-order valence-electron chi connectivity index (χ1n) is 9.67. The molecule has 5 heteroatoms. The summed E-state index contributed by atoms with van der Waals surface area (Å²) in [5, 5.41) is 0. The van der Waals surface area contributed by atoms with Gasteiger partial charge in [-0.25, -0.2) is 4.79 Å². The van der Waals surface area contributed by atoms with Crippen molar-refractivity contribution in [3.63, 3.8) is 0 Å². The number of Topliss-reactive ketones (excluding diaryl/α,β-unsaturated/α-hetero) is 1. The first-order valence-corrected chi connectivity index (χ1v) is 9.67. The largest absolute Gasteiger partial charge is 0.461 e. The number of hydrogen-bond acceptors (Lipinski definition) is 4. The molecular weight excluding hydrogens is 340 g/mol. The number of anilines is 1. The molecule has 0 amide bonds. The molecule has 3 rings (SSSR count). The van der Waals surface area contributed by atoms with Crippen molar-refractivity contribution in [3.8, 4) is 0 Å². The third-order valence-electron chi connectivity index (χ3n) is 5.20. The summed E-state index contributed by atoms with van der Waals surface area (Å²) in [6.45, 7) is 4.17. The maximum absolute atomic E-state index is 13.0. The Labute approximate surface area is 160 Å². The van der Waals surface area contributed by atoms with Gasteiger partial charge in [0.1, 0.15) is 5.69 Å². The molecule has 0 spiro atoms. The van der Waals surface area contributed by atoms with E-state index in [0.29, 0.717) is 25.1 Å². The summed E-state index contributed by atoms with van der Waals surface area (Å²) in [6, 6.07) is 8.36. The molecule has 1 heterocycles. The van der Waals surface area contributed by atoms with Crippen LogP contribution in [0, 0.1) is 0 Å². The number of hydrogen-bond donors (Lipinski definition) is 1. The maximum Gasteiger partial charge on any atom is 0.355 e. The zero-order valence-electron chi connectivity index (χ0n) is 16.6. The number of esters is 1. The van der Waals surface area contributed by atoms with Crippen LogP contribution in [0.5, 0.6) is 0 Å². The fourth-order valence-electron chi connectivity index (χ4n) is 3.89. The standard InChI is InChI=1S/C22H28N2O3/c1-5-7-17-20-18(23-21(17)22(26)27-6-2)12-15(13-19(20)25)14-8-10-16(11-9-14)24(3)4/h8-11,15,23H,5-7,12-13H2,1-4H3. The van der Waals surface area contributed by atoms with Gasteiger partial charge in [0.05, 0.1) is 6.61 Å². The van der Waals surface area contributed by atoms with Crippen molar-refractivity contribution >= 4 is 17.4 Å². The molecule has 0 radical (unpaired) electrons. The second kappa shape index (κ2) is 7.99. The Morgan fingerprint density at radius 2 is 1.89 bits per heavy atom. The van der Waals surface area contributed by atoms with Crippen molar-refractivity contribution < 1.29 is 14.3 Å². The summed E-state index contributed by atoms with van der Waals surface area (Å²) in [4.78, 5) is 30.6. The average Bonchev–Trinajstić information content (AvgIpc) is 3.01. The smallest absolute Gasteiger partial charge is 0.355 e. The fraction of sp³-hybridized carbons (Fsp3) is 0.455. The van der Waals surface area contributed by atoms with Gasteiger partial charge >= 0.3 is 5.97 Å². The van der Waals surface area contributed by atoms with Gasteiger partial charge < -0.3 is 14.6 Å². The number of rotatable bonds is 6. The van der Waals surface area contributed by atoms with E-state index in [1.54, 1.807) is 6.92 Å². The van der Waals surface area contributed by atoms with Crippen LogP contribution in [0.3, 0.4) is 0 Å². The maximum atomic E-state index is 13.0. The molecule has 0 aliphatic heterocycles. The number of nitrogens with one attached hydrogen (secondary N) is 1. The summed E-state index contributed by atoms with van der Waals surface area (Å²) in [5.41, 5.74) is 5.18. The first kappa shape index (κ1) is 19.2. The predicted molar refractivity (Wildman–Crippen MR) is 107 cm³/mol. The highest BCUT2D eigenvalue weighted by Gasteiger charge is 2.33. The second-order valence-corrected chi connectivity index (χ2v) is 7.32. The number of aromatic amines is 1. The molecule has 0 saturated heterocycles. The SMILES string of the molecule is CCCc1c(C(=O)OCC)[nH]c2c1C(=O)CC(c1ccc(N(C)C)cc1)C2. The van der Waals surface area contributed by atoms with Crippen LogP contribution in [0.1, 0.15) is 70.3 Å². The Bertz CT molecular complexity index is 834. The zero-order chi connectivity index (χ0) is 19.6. The molecule has 1 aliphatic rings. The number of nitrogens with zero attached hydrogens (tertiary/aromatic N) is 1. The van der Waals surface area contributed by atoms with Gasteiger partial charge in [-0.1, -0.05) is 25.5 Å². The molecule has 0 saturated carbocycles. The zero-order valence-corrected chi connectivity index (χ0v) is 16.6. The molecule has 1 aromatic heterocycles. The molecule has 1 aliphatic carbocycles. The molecule has 1 unspecified atom stereocenters. The number of ether oxygens (including phenoxy) is 1. The van der Waals surface area contributed by atoms with Crippen LogP contribution in [0.15, 0.2) is 24.3 Å². The van der Waals surface area contributed by atoms with Crippen LogP contribution in [0.4, 0.5) is 5.69 Å². The molecular formula is C22H28N2O3. The molecule has 5 nitrogen and oxygen atoms in total. The highest BCUT2D eigenvalue weighted by molar-refractivity contribution is 6.03. The molecule has 1 N–H and O–H groups in total. The van der Waals surface area contributed by atoms with Gasteiger partial charge in [0, 0.05) is 37.5 Å². The fourth-order valence-corrected chi connectivity index (χ4v) is 3.89. The Morgan fingerprint density at radius 3 is 2.48 bits per heavy atom. The van der Waals surface area contributed by atoms with E-state index in [-0.39, 0.29) is 17.7 Å². The molecule has 2 aromatic rings. The van der Waals surface area contributed by atoms with Crippen LogP contribution in [0.25, 0.3) is 0 Å². The minimum Gasteiger partial charge on any atom is -0.461 e. The Kier molecular flexibility index (Phi) is 5.68. The lowest BCUT2D eigenvalue weighted by Crippen LogP contribution is -2.19. The number of H-pyrrole nitrogens is 1. The van der Waals surface area contributed by atoms with Crippen molar-refractivity contribution in [1.29, 1.82) is 0 Å². The van der Waals surface area contributed by atoms with Crippen LogP contribution >= 0.6 is 0 Å². The molecule has 27 heavy (non-hydrogen) atoms. The Hall–Kier alpha value is -2.56. The van der Waals surface area contributed by atoms with Crippen molar-refractivity contribution in [1.82, 2.24) is 4.98 Å². The summed E-state index contributed by atoms with van der Waals surface area (Å²) >= 11 is 0. The van der Waals surface area contributed by atoms with Gasteiger partial charge in [0.25, 0.3) is 0 Å². The van der Waals surface area contributed by atoms with Gasteiger partial charge in [-0.3, -0.25) is 4.79 Å². The monoisotopic (exact) mass is 368 g/mol. The van der Waals surface area contributed by atoms with Crippen molar-refractivity contribution in [3.05, 3.63) is 52.3 Å². The van der Waals surface area contributed by atoms with E-state index in [2.05, 4.69) is 41.1 Å². The Morgan fingerprint density at radius 1 is 1.19 bits per heavy atom. The van der Waals surface area contributed by atoms with E-state index in [0.717, 1.165) is 40.9 Å². The quantitative estimate of drug-likeness (QED) is 0.779. The summed E-state index contributed by atoms with van der Waals surface area (Å²) in [7, 11) is 4.02. The Balaban J connectivity index is 1.93. The predicted octanol–water partition coefficient (Wildman–Crippen LogP) is 4.12. The molecule has 0 bridgehead atoms. The molecule has 1 aromatic carbocycles. The van der Waals surface area contributed by atoms with E-state index < -0.39 is 0 Å². The number of carbonyl (C=O) groups is 2. The van der Waals surface area contributed by atoms with E-state index in [1.165, 1.54) is 0 Å². The summed E-state index contributed by atoms with van der Waals surface area (Å²) in [6.07, 6.45) is 2.79. The topological polar surface area (TPSA) is 62.4 Å². The molecule has 1 atom stereocenters. The average molecular weight is 368 g/mol. The number of benzene rings is 1. The summed E-state index contributed by atoms with van der Waals surface area (Å²) in [5.74, 6) is -0.118. The van der Waals surface area contributed by atoms with E-state index in [4.69, 9.17) is 4.74 Å². The highest BCUT2D eigenvalue weighted by atomic mass is 16.5. The summed E-state index contributed by atoms with van der Waals surface area (Å²) < 4.78 is 5.19. The van der Waals surface area contributed by atoms with Gasteiger partial charge in [0.15, 0.2) is 5.78 Å². The van der Waals surface area contributed by atoms with Gasteiger partial charge in [0.2, 0.25) is 0 Å². The van der Waals surface area contributed by atoms with E-state index in [1.807, 2.05) is 14.1 Å². The lowest BCUT2D eigenvalue weighted by atomic mass is 9.81. The van der Waals surface area contributed by atoms with E-state index in [9.17, 15) is 9.59 Å². The number of aromatic nitrogens is 1.